The van der Waals surface area contributed by atoms with Crippen LogP contribution < -0.4 is 4.57 Å². The third-order valence-corrected chi connectivity index (χ3v) is 2.21. The van der Waals surface area contributed by atoms with Gasteiger partial charge in [0.2, 0.25) is 27.0 Å². The molecule has 0 bridgehead atoms. The highest BCUT2D eigenvalue weighted by Gasteiger charge is 1.97. The molecule has 0 aliphatic carbocycles. The fraction of sp³-hybridized carbons (Fsp3) is 0.500. The molecular formula is C8H14N2O6S2. The number of aromatic nitrogens is 2. The Morgan fingerprint density at radius 1 is 1.50 bits per heavy atom. The van der Waals surface area contributed by atoms with E-state index in [9.17, 15) is 8.42 Å². The van der Waals surface area contributed by atoms with Crippen molar-refractivity contribution in [2.24, 2.45) is 7.05 Å². The molecule has 1 heterocycles. The van der Waals surface area contributed by atoms with Crippen LogP contribution >= 0.6 is 0 Å². The van der Waals surface area contributed by atoms with Gasteiger partial charge < -0.3 is 4.55 Å². The van der Waals surface area contributed by atoms with Gasteiger partial charge in [0.05, 0.1) is 13.6 Å². The second-order valence-electron chi connectivity index (χ2n) is 3.31. The molecule has 0 fully saturated rings. The lowest BCUT2D eigenvalue weighted by molar-refractivity contribution is -0.671. The highest BCUT2D eigenvalue weighted by molar-refractivity contribution is 7.79. The Morgan fingerprint density at radius 2 is 2.06 bits per heavy atom. The van der Waals surface area contributed by atoms with Crippen LogP contribution in [0.3, 0.4) is 0 Å². The zero-order chi connectivity index (χ0) is 14.2. The van der Waals surface area contributed by atoms with Gasteiger partial charge in [-0.25, -0.2) is 17.6 Å². The molecule has 0 spiro atoms. The minimum absolute atomic E-state index is 0.609. The lowest BCUT2D eigenvalue weighted by Gasteiger charge is -1.90. The molecule has 8 nitrogen and oxygen atoms in total. The van der Waals surface area contributed by atoms with Gasteiger partial charge in [0.15, 0.2) is 0 Å². The van der Waals surface area contributed by atoms with E-state index in [4.69, 9.17) is 17.5 Å². The van der Waals surface area contributed by atoms with Gasteiger partial charge in [0.25, 0.3) is 0 Å². The zero-order valence-electron chi connectivity index (χ0n) is 9.63. The van der Waals surface area contributed by atoms with Crippen molar-refractivity contribution >= 4 is 26.1 Å². The minimum Gasteiger partial charge on any atom is -0.726 e. The predicted octanol–water partition coefficient (Wildman–Crippen LogP) is -1.22. The van der Waals surface area contributed by atoms with Gasteiger partial charge in [-0.15, -0.1) is 0 Å². The molecule has 18 heavy (non-hydrogen) atoms. The van der Waals surface area contributed by atoms with E-state index >= 15 is 0 Å². The second kappa shape index (κ2) is 7.97. The molecule has 0 unspecified atom stereocenters. The first-order valence-electron chi connectivity index (χ1n) is 4.79. The van der Waals surface area contributed by atoms with Gasteiger partial charge in [0.1, 0.15) is 12.4 Å². The molecule has 10 heteroatoms. The molecule has 0 aromatic carbocycles. The predicted molar refractivity (Wildman–Crippen MR) is 62.2 cm³/mol. The Balaban J connectivity index is 0.000000494. The van der Waals surface area contributed by atoms with Crippen LogP contribution in [0.4, 0.5) is 0 Å². The normalized spacial score (nSPS) is 10.4. The van der Waals surface area contributed by atoms with Crippen molar-refractivity contribution in [3.8, 4) is 0 Å². The van der Waals surface area contributed by atoms with Crippen molar-refractivity contribution in [2.45, 2.75) is 19.4 Å². The molecule has 0 amide bonds. The van der Waals surface area contributed by atoms with Crippen molar-refractivity contribution in [1.82, 2.24) is 4.57 Å². The van der Waals surface area contributed by atoms with E-state index in [-0.39, 0.29) is 0 Å². The molecule has 0 saturated carbocycles. The average Bonchev–Trinajstić information content (AvgIpc) is 2.56. The van der Waals surface area contributed by atoms with E-state index in [0.29, 0.717) is 6.42 Å². The lowest BCUT2D eigenvalue weighted by atomic mass is 10.3. The largest absolute Gasteiger partial charge is 0.726 e. The zero-order valence-corrected chi connectivity index (χ0v) is 11.3. The number of imidazole rings is 1. The summed E-state index contributed by atoms with van der Waals surface area (Å²) in [6.07, 6.45) is 7.35. The lowest BCUT2D eigenvalue weighted by Crippen LogP contribution is -2.23. The monoisotopic (exact) mass is 298 g/mol. The van der Waals surface area contributed by atoms with Crippen LogP contribution in [0.1, 0.15) is 12.8 Å². The summed E-state index contributed by atoms with van der Waals surface area (Å²) < 4.78 is 57.1. The van der Waals surface area contributed by atoms with Gasteiger partial charge in [-0.3, -0.25) is 4.55 Å². The summed E-state index contributed by atoms with van der Waals surface area (Å²) in [6, 6.07) is 0. The molecule has 1 rings (SSSR count). The summed E-state index contributed by atoms with van der Waals surface area (Å²) in [7, 11) is -4.97. The smallest absolute Gasteiger partial charge is 0.243 e. The number of unbranched alkanes of at least 4 members (excludes halogenated alkanes) is 1. The topological polar surface area (TPSA) is 120 Å². The van der Waals surface area contributed by atoms with E-state index in [1.165, 1.54) is 5.37 Å². The van der Waals surface area contributed by atoms with Gasteiger partial charge in [0, 0.05) is 5.37 Å². The number of hydrogen-bond acceptors (Lipinski definition) is 5. The number of nitrogens with zero attached hydrogens (tertiary/aromatic N) is 2. The van der Waals surface area contributed by atoms with Crippen molar-refractivity contribution in [3.05, 3.63) is 18.7 Å². The Labute approximate surface area is 107 Å². The minimum atomic E-state index is -4.92. The summed E-state index contributed by atoms with van der Waals surface area (Å²) in [4.78, 5) is 0. The van der Waals surface area contributed by atoms with E-state index < -0.39 is 20.7 Å². The van der Waals surface area contributed by atoms with Crippen LogP contribution in [0.5, 0.6) is 0 Å². The fourth-order valence-corrected chi connectivity index (χ4v) is 1.45. The van der Waals surface area contributed by atoms with Crippen LogP contribution in [-0.2, 0) is 34.3 Å². The van der Waals surface area contributed by atoms with Crippen LogP contribution in [0.25, 0.3) is 0 Å². The Bertz CT molecular complexity index is 571. The van der Waals surface area contributed by atoms with Gasteiger partial charge in [-0.05, 0) is 12.8 Å². The van der Waals surface area contributed by atoms with E-state index in [2.05, 4.69) is 0 Å². The van der Waals surface area contributed by atoms with Gasteiger partial charge >= 0.3 is 0 Å². The van der Waals surface area contributed by atoms with Crippen molar-refractivity contribution < 1.29 is 30.5 Å². The number of aryl methyl sites for hydroxylation is 2. The van der Waals surface area contributed by atoms with E-state index in [1.807, 2.05) is 34.9 Å². The highest BCUT2D eigenvalue weighted by Crippen LogP contribution is 1.91. The molecule has 1 N–H and O–H groups in total. The Kier molecular flexibility index (Phi) is 7.43. The molecule has 0 aliphatic rings. The third kappa shape index (κ3) is 12.8. The van der Waals surface area contributed by atoms with Crippen LogP contribution in [0.15, 0.2) is 18.7 Å². The quantitative estimate of drug-likeness (QED) is 0.244. The summed E-state index contributed by atoms with van der Waals surface area (Å²) >= 11 is 0. The van der Waals surface area contributed by atoms with Crippen molar-refractivity contribution in [1.29, 1.82) is 0 Å². The molecule has 0 atom stereocenters. The van der Waals surface area contributed by atoms with Crippen LogP contribution in [0, 0.1) is 0 Å². The van der Waals surface area contributed by atoms with E-state index in [0.717, 1.165) is 13.0 Å². The van der Waals surface area contributed by atoms with Crippen molar-refractivity contribution in [2.75, 3.05) is 0 Å². The number of hydrogen-bond donors (Lipinski definition) is 1. The third-order valence-electron chi connectivity index (χ3n) is 1.70. The molecule has 104 valence electrons. The molecule has 0 saturated heterocycles. The maximum absolute atomic E-state index is 10.1. The summed E-state index contributed by atoms with van der Waals surface area (Å²) in [6.45, 7) is 0.856. The van der Waals surface area contributed by atoms with Crippen molar-refractivity contribution in [3.63, 3.8) is 0 Å². The number of rotatable bonds is 4. The Hall–Kier alpha value is -1.23. The van der Waals surface area contributed by atoms with Crippen LogP contribution in [-0.4, -0.2) is 35.9 Å². The maximum Gasteiger partial charge on any atom is 0.243 e. The van der Waals surface area contributed by atoms with E-state index in [1.54, 1.807) is 0 Å². The fourth-order valence-electron chi connectivity index (χ4n) is 1.09. The SMILES string of the molecule is C[n+]1ccn(CCCC=S(=O)=O)c1.O=S(=O)([O-])O. The molecular weight excluding hydrogens is 284 g/mol. The first-order chi connectivity index (χ1) is 8.18. The summed E-state index contributed by atoms with van der Waals surface area (Å²) in [5, 5.41) is 1.30. The standard InChI is InChI=1S/C8H13N2O2S.H2O4S/c1-9-5-6-10(8-9)4-2-3-7-13(11)12;1-5(2,3)4/h5-8H,2-4H2,1H3;(H2,1,2,3,4)/q+1;/p-1. The average molecular weight is 298 g/mol. The first-order valence-corrected chi connectivity index (χ1v) is 7.29. The molecule has 1 aromatic rings. The maximum atomic E-state index is 10.1. The Morgan fingerprint density at radius 3 is 2.44 bits per heavy atom. The summed E-state index contributed by atoms with van der Waals surface area (Å²) in [5.41, 5.74) is 0. The highest BCUT2D eigenvalue weighted by atomic mass is 32.3. The molecule has 0 aliphatic heterocycles. The summed E-state index contributed by atoms with van der Waals surface area (Å²) in [5.74, 6) is 0. The van der Waals surface area contributed by atoms with Gasteiger partial charge in [-0.2, -0.15) is 8.42 Å². The molecule has 0 radical (unpaired) electrons. The van der Waals surface area contributed by atoms with Gasteiger partial charge in [-0.1, -0.05) is 0 Å². The molecule has 1 aromatic heterocycles. The van der Waals surface area contributed by atoms with Crippen LogP contribution in [0.2, 0.25) is 0 Å². The second-order valence-corrected chi connectivity index (χ2v) is 5.02. The first kappa shape index (κ1) is 16.8.